The number of halogens is 3. The van der Waals surface area contributed by atoms with Crippen molar-refractivity contribution in [2.24, 2.45) is 0 Å². The second-order valence-corrected chi connectivity index (χ2v) is 5.41. The number of nitrogens with zero attached hydrogens (tertiary/aromatic N) is 2. The third kappa shape index (κ3) is 3.76. The Hall–Kier alpha value is -2.35. The van der Waals surface area contributed by atoms with Crippen LogP contribution in [-0.2, 0) is 4.74 Å². The van der Waals surface area contributed by atoms with Crippen molar-refractivity contribution in [3.8, 4) is 17.0 Å². The molecule has 3 rings (SSSR count). The molecule has 8 heteroatoms. The van der Waals surface area contributed by atoms with Gasteiger partial charge in [0, 0.05) is 12.2 Å². The number of rotatable bonds is 4. The van der Waals surface area contributed by atoms with Gasteiger partial charge in [-0.3, -0.25) is 4.79 Å². The topological polar surface area (TPSA) is 53.3 Å². The SMILES string of the molecule is O=Cc1cc(-c2cccc(OC(F)(F)F)c2)nn1C1CCCCO1. The van der Waals surface area contributed by atoms with E-state index in [9.17, 15) is 18.0 Å². The summed E-state index contributed by atoms with van der Waals surface area (Å²) in [5, 5.41) is 4.34. The summed E-state index contributed by atoms with van der Waals surface area (Å²) in [6, 6.07) is 7.01. The second-order valence-electron chi connectivity index (χ2n) is 5.41. The van der Waals surface area contributed by atoms with E-state index in [1.807, 2.05) is 0 Å². The first-order valence-electron chi connectivity index (χ1n) is 7.49. The van der Waals surface area contributed by atoms with E-state index in [2.05, 4.69) is 9.84 Å². The predicted octanol–water partition coefficient (Wildman–Crippen LogP) is 3.96. The molecule has 0 aliphatic carbocycles. The Morgan fingerprint density at radius 3 is 2.79 bits per heavy atom. The van der Waals surface area contributed by atoms with Gasteiger partial charge in [-0.1, -0.05) is 12.1 Å². The van der Waals surface area contributed by atoms with E-state index in [-0.39, 0.29) is 12.0 Å². The van der Waals surface area contributed by atoms with E-state index in [4.69, 9.17) is 4.74 Å². The quantitative estimate of drug-likeness (QED) is 0.791. The number of benzene rings is 1. The predicted molar refractivity (Wildman–Crippen MR) is 78.6 cm³/mol. The Kier molecular flexibility index (Phi) is 4.57. The molecule has 24 heavy (non-hydrogen) atoms. The molecule has 1 aliphatic heterocycles. The number of alkyl halides is 3. The lowest BCUT2D eigenvalue weighted by atomic mass is 10.1. The molecule has 0 amide bonds. The van der Waals surface area contributed by atoms with Gasteiger partial charge in [0.25, 0.3) is 0 Å². The highest BCUT2D eigenvalue weighted by atomic mass is 19.4. The average Bonchev–Trinajstić information content (AvgIpc) is 2.99. The molecule has 1 unspecified atom stereocenters. The standard InChI is InChI=1S/C16H15F3N2O3/c17-16(18,19)24-13-5-3-4-11(8-13)14-9-12(10-22)21(20-14)15-6-1-2-7-23-15/h3-5,8-10,15H,1-2,6-7H2. The Labute approximate surface area is 136 Å². The molecule has 1 aromatic carbocycles. The maximum absolute atomic E-state index is 12.3. The van der Waals surface area contributed by atoms with Crippen molar-refractivity contribution in [1.29, 1.82) is 0 Å². The van der Waals surface area contributed by atoms with E-state index in [1.165, 1.54) is 28.9 Å². The van der Waals surface area contributed by atoms with Crippen molar-refractivity contribution >= 4 is 6.29 Å². The van der Waals surface area contributed by atoms with Crippen LogP contribution in [0.3, 0.4) is 0 Å². The van der Waals surface area contributed by atoms with E-state index in [0.29, 0.717) is 29.8 Å². The third-order valence-corrected chi connectivity index (χ3v) is 3.68. The Balaban J connectivity index is 1.91. The Bertz CT molecular complexity index is 722. The van der Waals surface area contributed by atoms with Gasteiger partial charge in [-0.15, -0.1) is 13.2 Å². The van der Waals surface area contributed by atoms with Crippen LogP contribution in [0.5, 0.6) is 5.75 Å². The Morgan fingerprint density at radius 2 is 2.12 bits per heavy atom. The summed E-state index contributed by atoms with van der Waals surface area (Å²) in [6.07, 6.45) is -1.78. The van der Waals surface area contributed by atoms with Crippen molar-refractivity contribution < 1.29 is 27.4 Å². The first-order valence-corrected chi connectivity index (χ1v) is 7.49. The number of carbonyl (C=O) groups is 1. The van der Waals surface area contributed by atoms with Gasteiger partial charge in [0.05, 0.1) is 5.69 Å². The molecule has 1 saturated heterocycles. The van der Waals surface area contributed by atoms with Crippen molar-refractivity contribution in [3.05, 3.63) is 36.0 Å². The molecule has 1 aliphatic rings. The van der Waals surface area contributed by atoms with Crippen molar-refractivity contribution in [2.75, 3.05) is 6.61 Å². The smallest absolute Gasteiger partial charge is 0.406 e. The number of ether oxygens (including phenoxy) is 2. The highest BCUT2D eigenvalue weighted by molar-refractivity contribution is 5.76. The second kappa shape index (κ2) is 6.64. The molecule has 128 valence electrons. The van der Waals surface area contributed by atoms with Crippen LogP contribution < -0.4 is 4.74 Å². The van der Waals surface area contributed by atoms with Crippen LogP contribution in [0.2, 0.25) is 0 Å². The fourth-order valence-corrected chi connectivity index (χ4v) is 2.64. The van der Waals surface area contributed by atoms with Crippen LogP contribution >= 0.6 is 0 Å². The normalized spacial score (nSPS) is 18.4. The minimum absolute atomic E-state index is 0.319. The summed E-state index contributed by atoms with van der Waals surface area (Å²) < 4.78 is 48.0. The summed E-state index contributed by atoms with van der Waals surface area (Å²) >= 11 is 0. The zero-order chi connectivity index (χ0) is 17.2. The molecule has 0 N–H and O–H groups in total. The monoisotopic (exact) mass is 340 g/mol. The molecule has 1 atom stereocenters. The molecule has 5 nitrogen and oxygen atoms in total. The molecule has 1 aromatic heterocycles. The van der Waals surface area contributed by atoms with E-state index < -0.39 is 6.36 Å². The largest absolute Gasteiger partial charge is 0.573 e. The summed E-state index contributed by atoms with van der Waals surface area (Å²) in [6.45, 7) is 0.590. The zero-order valence-electron chi connectivity index (χ0n) is 12.6. The van der Waals surface area contributed by atoms with Crippen molar-refractivity contribution in [2.45, 2.75) is 31.9 Å². The van der Waals surface area contributed by atoms with Crippen LogP contribution in [0, 0.1) is 0 Å². The van der Waals surface area contributed by atoms with Gasteiger partial charge >= 0.3 is 6.36 Å². The number of aldehydes is 1. The van der Waals surface area contributed by atoms with E-state index in [1.54, 1.807) is 6.07 Å². The van der Waals surface area contributed by atoms with Crippen LogP contribution in [0.15, 0.2) is 30.3 Å². The maximum atomic E-state index is 12.3. The summed E-state index contributed by atoms with van der Waals surface area (Å²) in [7, 11) is 0. The number of aromatic nitrogens is 2. The molecular formula is C16H15F3N2O3. The summed E-state index contributed by atoms with van der Waals surface area (Å²) in [5.41, 5.74) is 1.13. The number of carbonyl (C=O) groups excluding carboxylic acids is 1. The van der Waals surface area contributed by atoms with Gasteiger partial charge in [0.1, 0.15) is 11.4 Å². The average molecular weight is 340 g/mol. The highest BCUT2D eigenvalue weighted by Gasteiger charge is 2.31. The van der Waals surface area contributed by atoms with Crippen molar-refractivity contribution in [3.63, 3.8) is 0 Å². The molecule has 0 bridgehead atoms. The maximum Gasteiger partial charge on any atom is 0.573 e. The van der Waals surface area contributed by atoms with Gasteiger partial charge < -0.3 is 9.47 Å². The van der Waals surface area contributed by atoms with Crippen LogP contribution in [0.1, 0.15) is 36.0 Å². The summed E-state index contributed by atoms with van der Waals surface area (Å²) in [4.78, 5) is 11.3. The molecule has 1 fully saturated rings. The van der Waals surface area contributed by atoms with E-state index >= 15 is 0 Å². The lowest BCUT2D eigenvalue weighted by Crippen LogP contribution is -2.20. The van der Waals surface area contributed by atoms with Gasteiger partial charge in [0.15, 0.2) is 12.5 Å². The Morgan fingerprint density at radius 1 is 1.29 bits per heavy atom. The number of hydrogen-bond acceptors (Lipinski definition) is 4. The molecule has 0 spiro atoms. The van der Waals surface area contributed by atoms with E-state index in [0.717, 1.165) is 19.3 Å². The molecular weight excluding hydrogens is 325 g/mol. The first kappa shape index (κ1) is 16.5. The first-order chi connectivity index (χ1) is 11.5. The molecule has 2 heterocycles. The third-order valence-electron chi connectivity index (χ3n) is 3.68. The minimum Gasteiger partial charge on any atom is -0.406 e. The summed E-state index contributed by atoms with van der Waals surface area (Å²) in [5.74, 6) is -0.337. The van der Waals surface area contributed by atoms with Gasteiger partial charge in [-0.25, -0.2) is 4.68 Å². The van der Waals surface area contributed by atoms with Gasteiger partial charge in [-0.2, -0.15) is 5.10 Å². The number of hydrogen-bond donors (Lipinski definition) is 0. The van der Waals surface area contributed by atoms with Crippen LogP contribution in [0.25, 0.3) is 11.3 Å². The van der Waals surface area contributed by atoms with Gasteiger partial charge in [0.2, 0.25) is 0 Å². The fourth-order valence-electron chi connectivity index (χ4n) is 2.64. The molecule has 0 radical (unpaired) electrons. The lowest BCUT2D eigenvalue weighted by Gasteiger charge is -2.23. The molecule has 2 aromatic rings. The highest BCUT2D eigenvalue weighted by Crippen LogP contribution is 2.30. The minimum atomic E-state index is -4.76. The lowest BCUT2D eigenvalue weighted by molar-refractivity contribution is -0.274. The molecule has 0 saturated carbocycles. The van der Waals surface area contributed by atoms with Crippen molar-refractivity contribution in [1.82, 2.24) is 9.78 Å². The fraction of sp³-hybridized carbons (Fsp3) is 0.375. The van der Waals surface area contributed by atoms with Crippen LogP contribution in [-0.4, -0.2) is 29.0 Å². The van der Waals surface area contributed by atoms with Crippen LogP contribution in [0.4, 0.5) is 13.2 Å². The zero-order valence-corrected chi connectivity index (χ0v) is 12.6. The van der Waals surface area contributed by atoms with Gasteiger partial charge in [-0.05, 0) is 37.5 Å².